The van der Waals surface area contributed by atoms with E-state index in [1.807, 2.05) is 38.3 Å². The van der Waals surface area contributed by atoms with E-state index in [0.717, 1.165) is 26.2 Å². The van der Waals surface area contributed by atoms with Gasteiger partial charge in [0.15, 0.2) is 4.34 Å². The van der Waals surface area contributed by atoms with Crippen molar-refractivity contribution in [2.75, 3.05) is 11.9 Å². The van der Waals surface area contributed by atoms with Gasteiger partial charge in [-0.15, -0.1) is 11.3 Å². The summed E-state index contributed by atoms with van der Waals surface area (Å²) in [5, 5.41) is 4.95. The van der Waals surface area contributed by atoms with Crippen LogP contribution in [0.15, 0.2) is 32.8 Å². The number of anilines is 1. The number of aromatic nitrogens is 1. The number of benzene rings is 1. The maximum absolute atomic E-state index is 11.9. The summed E-state index contributed by atoms with van der Waals surface area (Å²) in [4.78, 5) is 17.4. The number of amides is 1. The monoisotopic (exact) mass is 321 g/mol. The normalized spacial score (nSPS) is 12.2. The zero-order valence-corrected chi connectivity index (χ0v) is 14.0. The standard InChI is InChI=1S/C15H19N3OS2/c1-9-6-12(21-15-17-11(3)8-20-15)4-5-13(9)18-14(19)10(2)7-16/h4-6,8,10H,7,16H2,1-3H3,(H,18,19). The van der Waals surface area contributed by atoms with Gasteiger partial charge in [0.1, 0.15) is 0 Å². The molecule has 1 heterocycles. The Morgan fingerprint density at radius 3 is 2.81 bits per heavy atom. The average molecular weight is 321 g/mol. The molecule has 3 N–H and O–H groups in total. The fourth-order valence-electron chi connectivity index (χ4n) is 1.68. The van der Waals surface area contributed by atoms with Gasteiger partial charge in [-0.25, -0.2) is 4.98 Å². The summed E-state index contributed by atoms with van der Waals surface area (Å²) in [6, 6.07) is 5.99. The molecule has 2 rings (SSSR count). The Hall–Kier alpha value is -1.37. The Balaban J connectivity index is 2.08. The lowest BCUT2D eigenvalue weighted by atomic mass is 10.1. The Kier molecular flexibility index (Phi) is 5.39. The second kappa shape index (κ2) is 7.06. The van der Waals surface area contributed by atoms with Crippen LogP contribution in [-0.2, 0) is 4.79 Å². The first-order chi connectivity index (χ1) is 9.99. The number of aryl methyl sites for hydroxylation is 2. The van der Waals surface area contributed by atoms with Crippen LogP contribution in [0.5, 0.6) is 0 Å². The van der Waals surface area contributed by atoms with Crippen molar-refractivity contribution in [3.63, 3.8) is 0 Å². The number of rotatable bonds is 5. The molecule has 1 atom stereocenters. The molecule has 0 bridgehead atoms. The molecule has 1 aromatic heterocycles. The van der Waals surface area contributed by atoms with Crippen LogP contribution in [0, 0.1) is 19.8 Å². The first-order valence-electron chi connectivity index (χ1n) is 6.71. The first kappa shape index (κ1) is 16.0. The molecule has 0 fully saturated rings. The molecule has 0 aliphatic carbocycles. The smallest absolute Gasteiger partial charge is 0.228 e. The second-order valence-corrected chi connectivity index (χ2v) is 7.14. The number of carbonyl (C=O) groups excluding carboxylic acids is 1. The van der Waals surface area contributed by atoms with Gasteiger partial charge in [-0.2, -0.15) is 0 Å². The molecule has 4 nitrogen and oxygen atoms in total. The predicted molar refractivity (Wildman–Crippen MR) is 89.0 cm³/mol. The third kappa shape index (κ3) is 4.30. The van der Waals surface area contributed by atoms with Gasteiger partial charge in [-0.3, -0.25) is 4.79 Å². The largest absolute Gasteiger partial charge is 0.330 e. The Bertz CT molecular complexity index is 640. The van der Waals surface area contributed by atoms with Gasteiger partial charge in [-0.05, 0) is 37.6 Å². The minimum atomic E-state index is -0.184. The summed E-state index contributed by atoms with van der Waals surface area (Å²) in [6.45, 7) is 6.14. The summed E-state index contributed by atoms with van der Waals surface area (Å²) < 4.78 is 1.03. The summed E-state index contributed by atoms with van der Waals surface area (Å²) in [7, 11) is 0. The summed E-state index contributed by atoms with van der Waals surface area (Å²) in [6.07, 6.45) is 0. The fraction of sp³-hybridized carbons (Fsp3) is 0.333. The van der Waals surface area contributed by atoms with Crippen molar-refractivity contribution in [3.05, 3.63) is 34.8 Å². The van der Waals surface area contributed by atoms with E-state index in [2.05, 4.69) is 16.4 Å². The lowest BCUT2D eigenvalue weighted by Crippen LogP contribution is -2.26. The molecule has 0 aliphatic rings. The summed E-state index contributed by atoms with van der Waals surface area (Å²) in [5.41, 5.74) is 8.41. The van der Waals surface area contributed by atoms with E-state index in [4.69, 9.17) is 5.73 Å². The van der Waals surface area contributed by atoms with Gasteiger partial charge >= 0.3 is 0 Å². The molecule has 112 valence electrons. The van der Waals surface area contributed by atoms with Crippen LogP contribution in [-0.4, -0.2) is 17.4 Å². The highest BCUT2D eigenvalue weighted by Gasteiger charge is 2.12. The molecular weight excluding hydrogens is 302 g/mol. The molecule has 2 aromatic rings. The van der Waals surface area contributed by atoms with Crippen LogP contribution in [0.1, 0.15) is 18.2 Å². The maximum Gasteiger partial charge on any atom is 0.228 e. The average Bonchev–Trinajstić information content (AvgIpc) is 2.86. The number of nitrogens with one attached hydrogen (secondary N) is 1. The molecule has 6 heteroatoms. The molecule has 1 amide bonds. The van der Waals surface area contributed by atoms with E-state index in [9.17, 15) is 4.79 Å². The Morgan fingerprint density at radius 1 is 1.48 bits per heavy atom. The van der Waals surface area contributed by atoms with Crippen molar-refractivity contribution in [2.45, 2.75) is 30.0 Å². The van der Waals surface area contributed by atoms with Gasteiger partial charge in [0.05, 0.1) is 0 Å². The summed E-state index contributed by atoms with van der Waals surface area (Å²) >= 11 is 3.28. The van der Waals surface area contributed by atoms with Crippen LogP contribution in [0.4, 0.5) is 5.69 Å². The highest BCUT2D eigenvalue weighted by Crippen LogP contribution is 2.32. The van der Waals surface area contributed by atoms with Gasteiger partial charge < -0.3 is 11.1 Å². The maximum atomic E-state index is 11.9. The zero-order chi connectivity index (χ0) is 15.4. The molecule has 1 aromatic carbocycles. The highest BCUT2D eigenvalue weighted by molar-refractivity contribution is 8.01. The van der Waals surface area contributed by atoms with Crippen LogP contribution in [0.3, 0.4) is 0 Å². The van der Waals surface area contributed by atoms with Crippen molar-refractivity contribution < 1.29 is 4.79 Å². The number of nitrogens with two attached hydrogens (primary N) is 1. The van der Waals surface area contributed by atoms with E-state index in [1.54, 1.807) is 23.1 Å². The number of nitrogens with zero attached hydrogens (tertiary/aromatic N) is 1. The van der Waals surface area contributed by atoms with E-state index in [0.29, 0.717) is 6.54 Å². The molecule has 0 aliphatic heterocycles. The van der Waals surface area contributed by atoms with Crippen molar-refractivity contribution in [2.24, 2.45) is 11.7 Å². The second-order valence-electron chi connectivity index (χ2n) is 4.96. The van der Waals surface area contributed by atoms with Gasteiger partial charge in [-0.1, -0.05) is 18.7 Å². The van der Waals surface area contributed by atoms with Crippen LogP contribution >= 0.6 is 23.1 Å². The number of carbonyl (C=O) groups is 1. The SMILES string of the molecule is Cc1csc(Sc2ccc(NC(=O)C(C)CN)c(C)c2)n1. The predicted octanol–water partition coefficient (Wildman–Crippen LogP) is 3.44. The molecular formula is C15H19N3OS2. The van der Waals surface area contributed by atoms with Crippen molar-refractivity contribution in [1.29, 1.82) is 0 Å². The molecule has 0 saturated heterocycles. The van der Waals surface area contributed by atoms with Crippen molar-refractivity contribution >= 4 is 34.7 Å². The molecule has 1 unspecified atom stereocenters. The zero-order valence-electron chi connectivity index (χ0n) is 12.3. The third-order valence-electron chi connectivity index (χ3n) is 3.06. The fourth-order valence-corrected chi connectivity index (χ4v) is 3.59. The molecule has 0 spiro atoms. The summed E-state index contributed by atoms with van der Waals surface area (Å²) in [5.74, 6) is -0.228. The minimum Gasteiger partial charge on any atom is -0.330 e. The molecule has 0 saturated carbocycles. The van der Waals surface area contributed by atoms with Crippen LogP contribution < -0.4 is 11.1 Å². The van der Waals surface area contributed by atoms with Crippen molar-refractivity contribution in [1.82, 2.24) is 4.98 Å². The topological polar surface area (TPSA) is 68.0 Å². The van der Waals surface area contributed by atoms with E-state index < -0.39 is 0 Å². The van der Waals surface area contributed by atoms with Crippen molar-refractivity contribution in [3.8, 4) is 0 Å². The molecule has 21 heavy (non-hydrogen) atoms. The highest BCUT2D eigenvalue weighted by atomic mass is 32.2. The quantitative estimate of drug-likeness (QED) is 0.885. The van der Waals surface area contributed by atoms with Crippen LogP contribution in [0.2, 0.25) is 0 Å². The molecule has 0 radical (unpaired) electrons. The number of thiazole rings is 1. The lowest BCUT2D eigenvalue weighted by molar-refractivity contribution is -0.119. The minimum absolute atomic E-state index is 0.0449. The van der Waals surface area contributed by atoms with E-state index in [1.165, 1.54) is 0 Å². The first-order valence-corrected chi connectivity index (χ1v) is 8.40. The van der Waals surface area contributed by atoms with Crippen LogP contribution in [0.25, 0.3) is 0 Å². The van der Waals surface area contributed by atoms with Gasteiger partial charge in [0, 0.05) is 34.1 Å². The van der Waals surface area contributed by atoms with Gasteiger partial charge in [0.25, 0.3) is 0 Å². The Morgan fingerprint density at radius 2 is 2.24 bits per heavy atom. The number of hydrogen-bond acceptors (Lipinski definition) is 5. The van der Waals surface area contributed by atoms with E-state index in [-0.39, 0.29) is 11.8 Å². The lowest BCUT2D eigenvalue weighted by Gasteiger charge is -2.12. The number of hydrogen-bond donors (Lipinski definition) is 2. The van der Waals surface area contributed by atoms with Gasteiger partial charge in [0.2, 0.25) is 5.91 Å². The van der Waals surface area contributed by atoms with E-state index >= 15 is 0 Å². The third-order valence-corrected chi connectivity index (χ3v) is 5.11. The Labute approximate surface area is 133 Å².